The topological polar surface area (TPSA) is 18.5 Å². The van der Waals surface area contributed by atoms with Crippen LogP contribution in [0.4, 0.5) is 0 Å². The number of allylic oxidation sites excluding steroid dienone is 4. The van der Waals surface area contributed by atoms with Gasteiger partial charge in [0.15, 0.2) is 5.79 Å². The van der Waals surface area contributed by atoms with Crippen molar-refractivity contribution >= 4 is 0 Å². The summed E-state index contributed by atoms with van der Waals surface area (Å²) >= 11 is 0. The lowest BCUT2D eigenvalue weighted by Gasteiger charge is -2.32. The van der Waals surface area contributed by atoms with Crippen LogP contribution in [0.25, 0.3) is 0 Å². The summed E-state index contributed by atoms with van der Waals surface area (Å²) in [5.41, 5.74) is 1.54. The minimum absolute atomic E-state index is 0.388. The number of rotatable bonds is 3. The van der Waals surface area contributed by atoms with E-state index in [0.717, 1.165) is 12.8 Å². The Morgan fingerprint density at radius 1 is 1.25 bits per heavy atom. The Morgan fingerprint density at radius 3 is 2.62 bits per heavy atom. The minimum Gasteiger partial charge on any atom is -0.352 e. The maximum atomic E-state index is 5.69. The Balaban J connectivity index is 1.89. The van der Waals surface area contributed by atoms with E-state index in [4.69, 9.17) is 9.47 Å². The molecular formula is C14H18O2. The molecule has 86 valence electrons. The van der Waals surface area contributed by atoms with E-state index >= 15 is 0 Å². The molecule has 3 atom stereocenters. The molecule has 0 aromatic rings. The van der Waals surface area contributed by atoms with Crippen LogP contribution in [-0.4, -0.2) is 20.0 Å². The maximum Gasteiger partial charge on any atom is 0.180 e. The van der Waals surface area contributed by atoms with Crippen LogP contribution in [0.2, 0.25) is 0 Å². The quantitative estimate of drug-likeness (QED) is 0.535. The SMILES string of the molecule is COC1(OC)C2C=CC1C(C1=CC=CC1)C2. The molecule has 0 amide bonds. The molecule has 2 heteroatoms. The monoisotopic (exact) mass is 218 g/mol. The first-order valence-electron chi connectivity index (χ1n) is 5.96. The number of fused-ring (bicyclic) bond motifs is 2. The van der Waals surface area contributed by atoms with E-state index in [1.165, 1.54) is 5.57 Å². The first kappa shape index (κ1) is 10.3. The van der Waals surface area contributed by atoms with Crippen molar-refractivity contribution in [2.75, 3.05) is 14.2 Å². The normalized spacial score (nSPS) is 38.4. The van der Waals surface area contributed by atoms with Gasteiger partial charge in [-0.05, 0) is 18.8 Å². The summed E-state index contributed by atoms with van der Waals surface area (Å²) in [6, 6.07) is 0. The molecule has 0 heterocycles. The molecule has 1 saturated carbocycles. The fourth-order valence-electron chi connectivity index (χ4n) is 3.63. The molecule has 3 unspecified atom stereocenters. The summed E-state index contributed by atoms with van der Waals surface area (Å²) in [5, 5.41) is 0. The molecular weight excluding hydrogens is 200 g/mol. The molecule has 1 fully saturated rings. The van der Waals surface area contributed by atoms with Gasteiger partial charge in [-0.25, -0.2) is 0 Å². The van der Waals surface area contributed by atoms with Crippen molar-refractivity contribution in [3.05, 3.63) is 36.0 Å². The Morgan fingerprint density at radius 2 is 2.06 bits per heavy atom. The van der Waals surface area contributed by atoms with Gasteiger partial charge in [0.2, 0.25) is 0 Å². The zero-order valence-electron chi connectivity index (χ0n) is 9.85. The summed E-state index contributed by atoms with van der Waals surface area (Å²) in [5.74, 6) is 1.01. The lowest BCUT2D eigenvalue weighted by molar-refractivity contribution is -0.231. The molecule has 0 saturated heterocycles. The van der Waals surface area contributed by atoms with Crippen molar-refractivity contribution in [1.82, 2.24) is 0 Å². The van der Waals surface area contributed by atoms with Crippen LogP contribution < -0.4 is 0 Å². The van der Waals surface area contributed by atoms with E-state index < -0.39 is 5.79 Å². The Bertz CT molecular complexity index is 374. The second-order valence-corrected chi connectivity index (χ2v) is 4.86. The van der Waals surface area contributed by atoms with Crippen molar-refractivity contribution in [3.8, 4) is 0 Å². The zero-order chi connectivity index (χ0) is 11.2. The van der Waals surface area contributed by atoms with Crippen molar-refractivity contribution in [2.24, 2.45) is 17.8 Å². The molecule has 0 aliphatic heterocycles. The van der Waals surface area contributed by atoms with Crippen LogP contribution in [0.1, 0.15) is 12.8 Å². The standard InChI is InChI=1S/C14H18O2/c1-15-14(16-2)11-7-8-13(14)12(9-11)10-5-3-4-6-10/h3-5,7-8,11-13H,6,9H2,1-2H3. The Labute approximate surface area is 96.6 Å². The fourth-order valence-corrected chi connectivity index (χ4v) is 3.63. The predicted octanol–water partition coefficient (Wildman–Crippen LogP) is 2.68. The van der Waals surface area contributed by atoms with Crippen LogP contribution in [0.3, 0.4) is 0 Å². The van der Waals surface area contributed by atoms with Gasteiger partial charge in [0.05, 0.1) is 0 Å². The van der Waals surface area contributed by atoms with Gasteiger partial charge in [-0.15, -0.1) is 0 Å². The molecule has 2 bridgehead atoms. The molecule has 3 aliphatic carbocycles. The smallest absolute Gasteiger partial charge is 0.180 e. The van der Waals surface area contributed by atoms with Gasteiger partial charge in [0.1, 0.15) is 0 Å². The lowest BCUT2D eigenvalue weighted by atomic mass is 9.85. The van der Waals surface area contributed by atoms with Gasteiger partial charge in [0, 0.05) is 26.1 Å². The number of hydrogen-bond donors (Lipinski definition) is 0. The second-order valence-electron chi connectivity index (χ2n) is 4.86. The fraction of sp³-hybridized carbons (Fsp3) is 0.571. The van der Waals surface area contributed by atoms with Gasteiger partial charge in [-0.3, -0.25) is 0 Å². The second kappa shape index (κ2) is 3.57. The molecule has 3 rings (SSSR count). The highest BCUT2D eigenvalue weighted by atomic mass is 16.7. The van der Waals surface area contributed by atoms with Gasteiger partial charge in [-0.1, -0.05) is 36.0 Å². The van der Waals surface area contributed by atoms with E-state index in [1.807, 2.05) is 0 Å². The van der Waals surface area contributed by atoms with Crippen LogP contribution >= 0.6 is 0 Å². The van der Waals surface area contributed by atoms with E-state index in [1.54, 1.807) is 14.2 Å². The average molecular weight is 218 g/mol. The summed E-state index contributed by atoms with van der Waals surface area (Å²) in [6.07, 6.45) is 13.5. The highest BCUT2D eigenvalue weighted by Gasteiger charge is 2.58. The number of hydrogen-bond acceptors (Lipinski definition) is 2. The number of ether oxygens (including phenoxy) is 2. The van der Waals surface area contributed by atoms with Crippen LogP contribution in [0, 0.1) is 17.8 Å². The lowest BCUT2D eigenvalue weighted by Crippen LogP contribution is -2.40. The predicted molar refractivity (Wildman–Crippen MR) is 62.8 cm³/mol. The van der Waals surface area contributed by atoms with Crippen LogP contribution in [0.5, 0.6) is 0 Å². The van der Waals surface area contributed by atoms with Crippen molar-refractivity contribution in [3.63, 3.8) is 0 Å². The summed E-state index contributed by atoms with van der Waals surface area (Å²) in [6.45, 7) is 0. The van der Waals surface area contributed by atoms with Crippen LogP contribution in [-0.2, 0) is 9.47 Å². The van der Waals surface area contributed by atoms with Crippen LogP contribution in [0.15, 0.2) is 36.0 Å². The third-order valence-corrected chi connectivity index (χ3v) is 4.39. The highest BCUT2D eigenvalue weighted by molar-refractivity contribution is 5.32. The van der Waals surface area contributed by atoms with E-state index in [0.29, 0.717) is 17.8 Å². The summed E-state index contributed by atoms with van der Waals surface area (Å²) < 4.78 is 11.4. The molecule has 0 N–H and O–H groups in total. The minimum atomic E-state index is -0.395. The third-order valence-electron chi connectivity index (χ3n) is 4.39. The van der Waals surface area contributed by atoms with Gasteiger partial charge < -0.3 is 9.47 Å². The molecule has 3 aliphatic rings. The highest BCUT2D eigenvalue weighted by Crippen LogP contribution is 2.56. The first-order chi connectivity index (χ1) is 7.81. The molecule has 16 heavy (non-hydrogen) atoms. The van der Waals surface area contributed by atoms with E-state index in [-0.39, 0.29) is 0 Å². The molecule has 2 nitrogen and oxygen atoms in total. The zero-order valence-corrected chi connectivity index (χ0v) is 9.85. The Hall–Kier alpha value is -0.860. The summed E-state index contributed by atoms with van der Waals surface area (Å²) in [4.78, 5) is 0. The van der Waals surface area contributed by atoms with E-state index in [2.05, 4.69) is 30.4 Å². The average Bonchev–Trinajstić information content (AvgIpc) is 3.03. The van der Waals surface area contributed by atoms with Crippen molar-refractivity contribution < 1.29 is 9.47 Å². The molecule has 0 radical (unpaired) electrons. The van der Waals surface area contributed by atoms with Crippen molar-refractivity contribution in [1.29, 1.82) is 0 Å². The first-order valence-corrected chi connectivity index (χ1v) is 5.96. The maximum absolute atomic E-state index is 5.69. The Kier molecular flexibility index (Phi) is 2.30. The van der Waals surface area contributed by atoms with Gasteiger partial charge in [0.25, 0.3) is 0 Å². The van der Waals surface area contributed by atoms with E-state index in [9.17, 15) is 0 Å². The molecule has 0 aromatic carbocycles. The third kappa shape index (κ3) is 1.14. The summed E-state index contributed by atoms with van der Waals surface area (Å²) in [7, 11) is 3.53. The molecule has 0 aromatic heterocycles. The number of methoxy groups -OCH3 is 2. The van der Waals surface area contributed by atoms with Crippen molar-refractivity contribution in [2.45, 2.75) is 18.6 Å². The van der Waals surface area contributed by atoms with Gasteiger partial charge >= 0.3 is 0 Å². The molecule has 0 spiro atoms. The largest absolute Gasteiger partial charge is 0.352 e. The van der Waals surface area contributed by atoms with Gasteiger partial charge in [-0.2, -0.15) is 0 Å².